The molecule has 36 heavy (non-hydrogen) atoms. The minimum absolute atomic E-state index is 0.0344. The molecular weight excluding hydrogens is 510 g/mol. The van der Waals surface area contributed by atoms with E-state index in [9.17, 15) is 24.5 Å². The van der Waals surface area contributed by atoms with Crippen LogP contribution in [0.4, 0.5) is 4.39 Å². The van der Waals surface area contributed by atoms with Crippen LogP contribution in [0.3, 0.4) is 0 Å². The van der Waals surface area contributed by atoms with E-state index in [0.717, 1.165) is 18.4 Å². The summed E-state index contributed by atoms with van der Waals surface area (Å²) in [4.78, 5) is 13.7. The summed E-state index contributed by atoms with van der Waals surface area (Å²) in [6.45, 7) is 3.14. The zero-order chi connectivity index (χ0) is 26.2. The number of halogens is 3. The van der Waals surface area contributed by atoms with Crippen molar-refractivity contribution in [3.8, 4) is 17.5 Å². The van der Waals surface area contributed by atoms with Crippen LogP contribution in [0.15, 0.2) is 48.5 Å². The number of benzene rings is 2. The van der Waals surface area contributed by atoms with Crippen molar-refractivity contribution in [2.75, 3.05) is 13.2 Å². The van der Waals surface area contributed by atoms with Crippen molar-refractivity contribution in [2.45, 2.75) is 45.3 Å². The molecule has 10 heteroatoms. The summed E-state index contributed by atoms with van der Waals surface area (Å²) in [5.41, 5.74) is 1.38. The van der Waals surface area contributed by atoms with Crippen LogP contribution in [0.2, 0.25) is 10.0 Å². The Morgan fingerprint density at radius 1 is 1.08 bits per heavy atom. The second-order valence-electron chi connectivity index (χ2n) is 8.43. The number of hydrogen-bond donors (Lipinski definition) is 3. The molecule has 194 valence electrons. The Labute approximate surface area is 219 Å². The Bertz CT molecular complexity index is 1170. The van der Waals surface area contributed by atoms with Gasteiger partial charge in [0.1, 0.15) is 6.61 Å². The molecule has 0 fully saturated rings. The molecule has 1 aromatic heterocycles. The monoisotopic (exact) mass is 538 g/mol. The maximum absolute atomic E-state index is 14.8. The molecule has 3 rings (SSSR count). The van der Waals surface area contributed by atoms with E-state index in [0.29, 0.717) is 28.7 Å². The topological polar surface area (TPSA) is 95.2 Å². The van der Waals surface area contributed by atoms with Gasteiger partial charge in [-0.15, -0.1) is 0 Å². The molecule has 0 bridgehead atoms. The zero-order valence-electron chi connectivity index (χ0n) is 19.8. The van der Waals surface area contributed by atoms with Crippen molar-refractivity contribution in [2.24, 2.45) is 0 Å². The number of carboxylic acids is 1. The summed E-state index contributed by atoms with van der Waals surface area (Å²) in [6, 6.07) is 11.9. The van der Waals surface area contributed by atoms with Gasteiger partial charge in [-0.05, 0) is 48.4 Å². The van der Waals surface area contributed by atoms with Crippen LogP contribution in [-0.4, -0.2) is 43.9 Å². The number of hydrogen-bond acceptors (Lipinski definition) is 5. The van der Waals surface area contributed by atoms with Crippen LogP contribution in [0.1, 0.15) is 43.4 Å². The fourth-order valence-corrected chi connectivity index (χ4v) is 4.27. The summed E-state index contributed by atoms with van der Waals surface area (Å²) in [5.74, 6) is -1.71. The lowest BCUT2D eigenvalue weighted by atomic mass is 10.0. The van der Waals surface area contributed by atoms with Gasteiger partial charge in [0.2, 0.25) is 0 Å². The molecule has 0 aliphatic heterocycles. The van der Waals surface area contributed by atoms with Gasteiger partial charge in [0, 0.05) is 24.7 Å². The average Bonchev–Trinajstić information content (AvgIpc) is 3.15. The van der Waals surface area contributed by atoms with Gasteiger partial charge in [-0.25, -0.2) is 4.39 Å². The molecule has 0 aliphatic carbocycles. The molecule has 1 atom stereocenters. The fourth-order valence-electron chi connectivity index (χ4n) is 3.97. The normalized spacial score (nSPS) is 12.1. The van der Waals surface area contributed by atoms with Crippen molar-refractivity contribution in [3.05, 3.63) is 75.5 Å². The highest BCUT2D eigenvalue weighted by molar-refractivity contribution is 6.42. The summed E-state index contributed by atoms with van der Waals surface area (Å²) in [5, 5.41) is 29.7. The van der Waals surface area contributed by atoms with Crippen molar-refractivity contribution in [1.82, 2.24) is 9.47 Å². The highest BCUT2D eigenvalue weighted by Gasteiger charge is 2.24. The Balaban J connectivity index is 1.76. The van der Waals surface area contributed by atoms with Gasteiger partial charge >= 0.3 is 5.97 Å². The molecular formula is C26H29Cl2FN2O5. The number of aliphatic carboxylic acids is 1. The number of unbranched alkanes of at least 4 members (excludes halogenated alkanes) is 1. The lowest BCUT2D eigenvalue weighted by Gasteiger charge is -2.31. The first-order chi connectivity index (χ1) is 17.2. The van der Waals surface area contributed by atoms with Crippen molar-refractivity contribution in [1.29, 1.82) is 0 Å². The molecule has 0 saturated heterocycles. The van der Waals surface area contributed by atoms with Crippen molar-refractivity contribution >= 4 is 29.2 Å². The molecule has 0 aliphatic rings. The van der Waals surface area contributed by atoms with Gasteiger partial charge < -0.3 is 20.1 Å². The Hall–Kier alpha value is -2.94. The highest BCUT2D eigenvalue weighted by Crippen LogP contribution is 2.32. The minimum atomic E-state index is -0.956. The molecule has 0 radical (unpaired) electrons. The SMILES string of the molecule is CCCCN(Cc1ccc(OCCn2c(O)ccc2O)c(F)c1)C(CC(=O)O)c1ccc(Cl)c(Cl)c1. The lowest BCUT2D eigenvalue weighted by molar-refractivity contribution is -0.138. The number of nitrogens with zero attached hydrogens (tertiary/aromatic N) is 2. The van der Waals surface area contributed by atoms with E-state index in [2.05, 4.69) is 0 Å². The second kappa shape index (κ2) is 12.9. The van der Waals surface area contributed by atoms with Crippen LogP contribution < -0.4 is 4.74 Å². The minimum Gasteiger partial charge on any atom is -0.494 e. The Morgan fingerprint density at radius 3 is 2.42 bits per heavy atom. The predicted molar refractivity (Wildman–Crippen MR) is 136 cm³/mol. The average molecular weight is 539 g/mol. The van der Waals surface area contributed by atoms with Gasteiger partial charge in [0.25, 0.3) is 0 Å². The Morgan fingerprint density at radius 2 is 1.81 bits per heavy atom. The van der Waals surface area contributed by atoms with E-state index in [-0.39, 0.29) is 37.1 Å². The molecule has 3 aromatic rings. The van der Waals surface area contributed by atoms with Crippen LogP contribution in [-0.2, 0) is 17.9 Å². The molecule has 3 N–H and O–H groups in total. The summed E-state index contributed by atoms with van der Waals surface area (Å²) in [6.07, 6.45) is 1.59. The highest BCUT2D eigenvalue weighted by atomic mass is 35.5. The summed E-state index contributed by atoms with van der Waals surface area (Å²) >= 11 is 12.3. The van der Waals surface area contributed by atoms with E-state index in [1.54, 1.807) is 24.3 Å². The van der Waals surface area contributed by atoms with E-state index >= 15 is 0 Å². The summed E-state index contributed by atoms with van der Waals surface area (Å²) in [7, 11) is 0. The second-order valence-corrected chi connectivity index (χ2v) is 9.24. The van der Waals surface area contributed by atoms with Gasteiger partial charge in [-0.2, -0.15) is 0 Å². The van der Waals surface area contributed by atoms with Gasteiger partial charge in [-0.1, -0.05) is 48.7 Å². The first-order valence-corrected chi connectivity index (χ1v) is 12.3. The largest absolute Gasteiger partial charge is 0.494 e. The van der Waals surface area contributed by atoms with E-state index in [1.807, 2.05) is 11.8 Å². The van der Waals surface area contributed by atoms with Crippen molar-refractivity contribution in [3.63, 3.8) is 0 Å². The number of ether oxygens (including phenoxy) is 1. The molecule has 1 unspecified atom stereocenters. The third-order valence-electron chi connectivity index (χ3n) is 5.83. The summed E-state index contributed by atoms with van der Waals surface area (Å²) < 4.78 is 21.6. The third-order valence-corrected chi connectivity index (χ3v) is 6.56. The van der Waals surface area contributed by atoms with Crippen LogP contribution >= 0.6 is 23.2 Å². The quantitative estimate of drug-likeness (QED) is 0.238. The maximum atomic E-state index is 14.8. The molecule has 1 heterocycles. The number of rotatable bonds is 13. The molecule has 2 aromatic carbocycles. The van der Waals surface area contributed by atoms with Crippen LogP contribution in [0, 0.1) is 5.82 Å². The number of carbonyl (C=O) groups is 1. The van der Waals surface area contributed by atoms with Crippen molar-refractivity contribution < 1.29 is 29.2 Å². The lowest BCUT2D eigenvalue weighted by Crippen LogP contribution is -2.31. The van der Waals surface area contributed by atoms with Gasteiger partial charge in [-0.3, -0.25) is 14.3 Å². The zero-order valence-corrected chi connectivity index (χ0v) is 21.3. The first kappa shape index (κ1) is 27.6. The van der Waals surface area contributed by atoms with E-state index in [4.69, 9.17) is 27.9 Å². The van der Waals surface area contributed by atoms with Gasteiger partial charge in [0.05, 0.1) is 23.0 Å². The maximum Gasteiger partial charge on any atom is 0.305 e. The van der Waals surface area contributed by atoms with Crippen LogP contribution in [0.25, 0.3) is 0 Å². The number of aromatic nitrogens is 1. The number of carboxylic acid groups (broad SMARTS) is 1. The first-order valence-electron chi connectivity index (χ1n) is 11.6. The molecule has 0 spiro atoms. The van der Waals surface area contributed by atoms with E-state index < -0.39 is 17.8 Å². The fraction of sp³-hybridized carbons (Fsp3) is 0.346. The molecule has 0 amide bonds. The molecule has 0 saturated carbocycles. The smallest absolute Gasteiger partial charge is 0.305 e. The molecule has 7 nitrogen and oxygen atoms in total. The Kier molecular flexibility index (Phi) is 9.87. The third kappa shape index (κ3) is 7.29. The van der Waals surface area contributed by atoms with Gasteiger partial charge in [0.15, 0.2) is 23.3 Å². The standard InChI is InChI=1S/C26H29Cl2FN2O5/c1-2-3-10-30(22(15-26(34)35)18-5-6-19(27)20(28)14-18)16-17-4-7-23(21(29)13-17)36-12-11-31-24(32)8-9-25(31)33/h4-9,13-14,22,32-33H,2-3,10-12,15-16H2,1H3,(H,34,35). The number of aromatic hydroxyl groups is 2. The predicted octanol–water partition coefficient (Wildman–Crippen LogP) is 6.24. The van der Waals surface area contributed by atoms with E-state index in [1.165, 1.54) is 28.8 Å². The van der Waals surface area contributed by atoms with Crippen LogP contribution in [0.5, 0.6) is 17.5 Å².